The fourth-order valence-electron chi connectivity index (χ4n) is 2.16. The van der Waals surface area contributed by atoms with Gasteiger partial charge in [0, 0.05) is 25.9 Å². The summed E-state index contributed by atoms with van der Waals surface area (Å²) in [5.41, 5.74) is 2.21. The minimum absolute atomic E-state index is 0.117. The molecule has 0 radical (unpaired) electrons. The number of hydrogen-bond donors (Lipinski definition) is 1. The van der Waals surface area contributed by atoms with Crippen LogP contribution in [0.5, 0.6) is 0 Å². The molecule has 1 saturated heterocycles. The van der Waals surface area contributed by atoms with Crippen molar-refractivity contribution in [3.63, 3.8) is 0 Å². The number of hydrogen-bond acceptors (Lipinski definition) is 3. The van der Waals surface area contributed by atoms with Gasteiger partial charge in [0.05, 0.1) is 12.7 Å². The van der Waals surface area contributed by atoms with E-state index in [1.807, 2.05) is 12.1 Å². The average molecular weight is 221 g/mol. The molecule has 1 aliphatic heterocycles. The van der Waals surface area contributed by atoms with Gasteiger partial charge in [-0.25, -0.2) is 0 Å². The molecule has 3 nitrogen and oxygen atoms in total. The van der Waals surface area contributed by atoms with Crippen molar-refractivity contribution >= 4 is 5.69 Å². The predicted octanol–water partition coefficient (Wildman–Crippen LogP) is 1.79. The van der Waals surface area contributed by atoms with Crippen molar-refractivity contribution < 1.29 is 9.84 Å². The molecule has 1 aliphatic rings. The molecule has 1 aromatic rings. The van der Waals surface area contributed by atoms with Crippen molar-refractivity contribution in [2.75, 3.05) is 25.1 Å². The quantitative estimate of drug-likeness (QED) is 0.844. The van der Waals surface area contributed by atoms with E-state index < -0.39 is 0 Å². The molecule has 1 aromatic carbocycles. The lowest BCUT2D eigenvalue weighted by atomic mass is 10.1. The van der Waals surface area contributed by atoms with Crippen molar-refractivity contribution in [1.82, 2.24) is 0 Å². The van der Waals surface area contributed by atoms with Crippen LogP contribution >= 0.6 is 0 Å². The molecule has 0 unspecified atom stereocenters. The van der Waals surface area contributed by atoms with Gasteiger partial charge in [-0.1, -0.05) is 12.1 Å². The summed E-state index contributed by atoms with van der Waals surface area (Å²) >= 11 is 0. The third kappa shape index (κ3) is 2.54. The maximum atomic E-state index is 8.98. The van der Waals surface area contributed by atoms with E-state index >= 15 is 0 Å². The molecule has 88 valence electrons. The van der Waals surface area contributed by atoms with Gasteiger partial charge >= 0.3 is 0 Å². The lowest BCUT2D eigenvalue weighted by molar-refractivity contribution is 0.0819. The van der Waals surface area contributed by atoms with Gasteiger partial charge in [0.1, 0.15) is 0 Å². The second-order valence-electron chi connectivity index (χ2n) is 4.25. The standard InChI is InChI=1S/C13H19NO2/c1-16-13-6-8-14(9-7-13)12-4-2-11(10-15)3-5-12/h2-5,13,15H,6-10H2,1H3. The van der Waals surface area contributed by atoms with Crippen LogP contribution in [0.4, 0.5) is 5.69 Å². The van der Waals surface area contributed by atoms with Crippen molar-refractivity contribution in [1.29, 1.82) is 0 Å². The molecule has 0 aliphatic carbocycles. The van der Waals surface area contributed by atoms with E-state index in [1.54, 1.807) is 7.11 Å². The number of ether oxygens (including phenoxy) is 1. The van der Waals surface area contributed by atoms with Crippen LogP contribution in [-0.4, -0.2) is 31.4 Å². The zero-order valence-electron chi connectivity index (χ0n) is 9.72. The Bertz CT molecular complexity index is 315. The normalized spacial score (nSPS) is 17.8. The molecule has 2 rings (SSSR count). The monoisotopic (exact) mass is 221 g/mol. The Hall–Kier alpha value is -1.06. The largest absolute Gasteiger partial charge is 0.392 e. The van der Waals surface area contributed by atoms with E-state index in [0.717, 1.165) is 31.5 Å². The summed E-state index contributed by atoms with van der Waals surface area (Å²) in [5.74, 6) is 0. The zero-order valence-corrected chi connectivity index (χ0v) is 9.72. The maximum absolute atomic E-state index is 8.98. The van der Waals surface area contributed by atoms with Gasteiger partial charge in [0.15, 0.2) is 0 Å². The number of aliphatic hydroxyl groups excluding tert-OH is 1. The Kier molecular flexibility index (Phi) is 3.80. The van der Waals surface area contributed by atoms with E-state index in [9.17, 15) is 0 Å². The summed E-state index contributed by atoms with van der Waals surface area (Å²) in [4.78, 5) is 2.37. The number of piperidine rings is 1. The number of aliphatic hydroxyl groups is 1. The number of benzene rings is 1. The molecule has 3 heteroatoms. The molecule has 1 N–H and O–H groups in total. The fraction of sp³-hybridized carbons (Fsp3) is 0.538. The number of methoxy groups -OCH3 is 1. The third-order valence-corrected chi connectivity index (χ3v) is 3.26. The highest BCUT2D eigenvalue weighted by molar-refractivity contribution is 5.47. The summed E-state index contributed by atoms with van der Waals surface area (Å²) in [6.07, 6.45) is 2.62. The average Bonchev–Trinajstić information content (AvgIpc) is 2.39. The van der Waals surface area contributed by atoms with Gasteiger partial charge in [0.25, 0.3) is 0 Å². The van der Waals surface area contributed by atoms with Crippen LogP contribution in [-0.2, 0) is 11.3 Å². The van der Waals surface area contributed by atoms with E-state index in [4.69, 9.17) is 9.84 Å². The van der Waals surface area contributed by atoms with Crippen molar-refractivity contribution in [2.24, 2.45) is 0 Å². The minimum atomic E-state index is 0.117. The first-order chi connectivity index (χ1) is 7.83. The fourth-order valence-corrected chi connectivity index (χ4v) is 2.16. The van der Waals surface area contributed by atoms with Gasteiger partial charge < -0.3 is 14.7 Å². The summed E-state index contributed by atoms with van der Waals surface area (Å²) in [5, 5.41) is 8.98. The minimum Gasteiger partial charge on any atom is -0.392 e. The van der Waals surface area contributed by atoms with Crippen LogP contribution in [0.15, 0.2) is 24.3 Å². The van der Waals surface area contributed by atoms with Crippen LogP contribution in [0.2, 0.25) is 0 Å². The first kappa shape index (κ1) is 11.4. The van der Waals surface area contributed by atoms with E-state index in [2.05, 4.69) is 17.0 Å². The Morgan fingerprint density at radius 3 is 2.38 bits per heavy atom. The lowest BCUT2D eigenvalue weighted by Gasteiger charge is -2.33. The summed E-state index contributed by atoms with van der Waals surface area (Å²) in [7, 11) is 1.79. The molecule has 0 amide bonds. The Morgan fingerprint density at radius 2 is 1.88 bits per heavy atom. The summed E-state index contributed by atoms with van der Waals surface area (Å²) < 4.78 is 5.35. The molecule has 16 heavy (non-hydrogen) atoms. The first-order valence-electron chi connectivity index (χ1n) is 5.81. The molecule has 1 fully saturated rings. The van der Waals surface area contributed by atoms with Crippen molar-refractivity contribution in [2.45, 2.75) is 25.6 Å². The highest BCUT2D eigenvalue weighted by atomic mass is 16.5. The number of anilines is 1. The molecule has 0 spiro atoms. The molecule has 1 heterocycles. The Balaban J connectivity index is 1.97. The van der Waals surface area contributed by atoms with Crippen LogP contribution < -0.4 is 4.90 Å². The van der Waals surface area contributed by atoms with Crippen molar-refractivity contribution in [3.8, 4) is 0 Å². The van der Waals surface area contributed by atoms with E-state index in [1.165, 1.54) is 5.69 Å². The van der Waals surface area contributed by atoms with Gasteiger partial charge in [0.2, 0.25) is 0 Å². The van der Waals surface area contributed by atoms with Crippen LogP contribution in [0, 0.1) is 0 Å². The zero-order chi connectivity index (χ0) is 11.4. The molecular formula is C13H19NO2. The Morgan fingerprint density at radius 1 is 1.25 bits per heavy atom. The smallest absolute Gasteiger partial charge is 0.0681 e. The van der Waals surface area contributed by atoms with Gasteiger partial charge in [-0.15, -0.1) is 0 Å². The topological polar surface area (TPSA) is 32.7 Å². The molecule has 0 saturated carbocycles. The highest BCUT2D eigenvalue weighted by Gasteiger charge is 2.18. The number of nitrogens with zero attached hydrogens (tertiary/aromatic N) is 1. The van der Waals surface area contributed by atoms with E-state index in [-0.39, 0.29) is 6.61 Å². The molecule has 0 aromatic heterocycles. The maximum Gasteiger partial charge on any atom is 0.0681 e. The van der Waals surface area contributed by atoms with Gasteiger partial charge in [-0.2, -0.15) is 0 Å². The predicted molar refractivity (Wildman–Crippen MR) is 64.6 cm³/mol. The van der Waals surface area contributed by atoms with Crippen LogP contribution in [0.25, 0.3) is 0 Å². The van der Waals surface area contributed by atoms with Crippen LogP contribution in [0.3, 0.4) is 0 Å². The molecule has 0 atom stereocenters. The molecular weight excluding hydrogens is 202 g/mol. The van der Waals surface area contributed by atoms with Gasteiger partial charge in [-0.3, -0.25) is 0 Å². The second kappa shape index (κ2) is 5.32. The Labute approximate surface area is 96.6 Å². The van der Waals surface area contributed by atoms with Gasteiger partial charge in [-0.05, 0) is 30.5 Å². The SMILES string of the molecule is COC1CCN(c2ccc(CO)cc2)CC1. The summed E-state index contributed by atoms with van der Waals surface area (Å²) in [6.45, 7) is 2.22. The lowest BCUT2D eigenvalue weighted by Crippen LogP contribution is -2.36. The second-order valence-corrected chi connectivity index (χ2v) is 4.25. The van der Waals surface area contributed by atoms with Crippen molar-refractivity contribution in [3.05, 3.63) is 29.8 Å². The van der Waals surface area contributed by atoms with Crippen LogP contribution in [0.1, 0.15) is 18.4 Å². The molecule has 0 bridgehead atoms. The van der Waals surface area contributed by atoms with E-state index in [0.29, 0.717) is 6.10 Å². The summed E-state index contributed by atoms with van der Waals surface area (Å²) in [6, 6.07) is 8.13. The third-order valence-electron chi connectivity index (χ3n) is 3.26. The highest BCUT2D eigenvalue weighted by Crippen LogP contribution is 2.21. The number of rotatable bonds is 3. The first-order valence-corrected chi connectivity index (χ1v) is 5.81.